The van der Waals surface area contributed by atoms with Crippen LogP contribution in [0.4, 0.5) is 0 Å². The number of carbonyl (C=O) groups is 1. The van der Waals surface area contributed by atoms with Gasteiger partial charge in [-0.05, 0) is 27.9 Å². The van der Waals surface area contributed by atoms with Crippen LogP contribution in [0.3, 0.4) is 0 Å². The highest BCUT2D eigenvalue weighted by Crippen LogP contribution is 2.18. The largest absolute Gasteiger partial charge is 0.332 e. The van der Waals surface area contributed by atoms with E-state index in [-0.39, 0.29) is 23.2 Å². The summed E-state index contributed by atoms with van der Waals surface area (Å²) in [4.78, 5) is 20.7. The first-order valence-corrected chi connectivity index (χ1v) is 7.05. The Balaban J connectivity index is 2.89. The van der Waals surface area contributed by atoms with E-state index in [9.17, 15) is 4.79 Å². The second-order valence-corrected chi connectivity index (χ2v) is 6.46. The molecule has 0 radical (unpaired) electrons. The molecule has 1 unspecified atom stereocenters. The van der Waals surface area contributed by atoms with Crippen molar-refractivity contribution in [3.05, 3.63) is 11.6 Å². The van der Waals surface area contributed by atoms with E-state index < -0.39 is 0 Å². The molecule has 0 bridgehead atoms. The van der Waals surface area contributed by atoms with Gasteiger partial charge < -0.3 is 9.80 Å². The molecule has 1 N–H and O–H groups in total. The lowest BCUT2D eigenvalue weighted by Crippen LogP contribution is -2.44. The van der Waals surface area contributed by atoms with Crippen LogP contribution in [0.15, 0.2) is 0 Å². The van der Waals surface area contributed by atoms with Gasteiger partial charge in [0.1, 0.15) is 5.82 Å². The molecule has 0 aliphatic heterocycles. The normalized spacial score (nSPS) is 13.6. The standard InChI is InChI=1S/C14H27N5O/c1-8-19(10(2)9-18(6)7)12(20)11-15-13(17-16-11)14(3,4)5/h10H,8-9H2,1-7H3,(H,15,16,17). The van der Waals surface area contributed by atoms with E-state index in [1.165, 1.54) is 0 Å². The second kappa shape index (κ2) is 6.35. The molecule has 1 atom stereocenters. The summed E-state index contributed by atoms with van der Waals surface area (Å²) in [6.45, 7) is 11.6. The molecule has 0 fully saturated rings. The van der Waals surface area contributed by atoms with Crippen LogP contribution in [0.25, 0.3) is 0 Å². The van der Waals surface area contributed by atoms with Gasteiger partial charge in [-0.25, -0.2) is 4.98 Å². The van der Waals surface area contributed by atoms with Crippen LogP contribution in [0.1, 0.15) is 51.1 Å². The van der Waals surface area contributed by atoms with E-state index in [1.807, 2.05) is 48.7 Å². The van der Waals surface area contributed by atoms with Gasteiger partial charge in [0, 0.05) is 24.5 Å². The first kappa shape index (κ1) is 16.6. The average Bonchev–Trinajstić information content (AvgIpc) is 2.77. The monoisotopic (exact) mass is 281 g/mol. The Kier molecular flexibility index (Phi) is 5.28. The molecule has 20 heavy (non-hydrogen) atoms. The molecule has 0 saturated heterocycles. The Morgan fingerprint density at radius 1 is 1.35 bits per heavy atom. The third kappa shape index (κ3) is 4.03. The van der Waals surface area contributed by atoms with Gasteiger partial charge in [-0.15, -0.1) is 5.10 Å². The number of nitrogens with zero attached hydrogens (tertiary/aromatic N) is 4. The Labute approximate surface area is 121 Å². The molecular formula is C14H27N5O. The number of amides is 1. The van der Waals surface area contributed by atoms with Crippen LogP contribution in [-0.2, 0) is 5.41 Å². The molecule has 114 valence electrons. The molecule has 0 aliphatic carbocycles. The SMILES string of the molecule is CCN(C(=O)c1n[nH]c(C(C)(C)C)n1)C(C)CN(C)C. The van der Waals surface area contributed by atoms with Crippen LogP contribution in [0, 0.1) is 0 Å². The number of hydrogen-bond acceptors (Lipinski definition) is 4. The molecule has 0 spiro atoms. The van der Waals surface area contributed by atoms with Crippen molar-refractivity contribution in [3.8, 4) is 0 Å². The minimum Gasteiger partial charge on any atom is -0.332 e. The van der Waals surface area contributed by atoms with Gasteiger partial charge in [0.2, 0.25) is 5.82 Å². The van der Waals surface area contributed by atoms with E-state index in [1.54, 1.807) is 4.90 Å². The zero-order valence-electron chi connectivity index (χ0n) is 13.7. The first-order valence-electron chi connectivity index (χ1n) is 7.05. The first-order chi connectivity index (χ1) is 9.16. The summed E-state index contributed by atoms with van der Waals surface area (Å²) >= 11 is 0. The van der Waals surface area contributed by atoms with E-state index in [0.717, 1.165) is 12.4 Å². The van der Waals surface area contributed by atoms with Gasteiger partial charge in [0.15, 0.2) is 0 Å². The quantitative estimate of drug-likeness (QED) is 0.888. The lowest BCUT2D eigenvalue weighted by atomic mass is 9.96. The van der Waals surface area contributed by atoms with Crippen molar-refractivity contribution in [2.45, 2.75) is 46.1 Å². The predicted octanol–water partition coefficient (Wildman–Crippen LogP) is 1.51. The smallest absolute Gasteiger partial charge is 0.293 e. The third-order valence-corrected chi connectivity index (χ3v) is 3.15. The minimum absolute atomic E-state index is 0.117. The molecule has 1 amide bonds. The van der Waals surface area contributed by atoms with Gasteiger partial charge in [-0.1, -0.05) is 20.8 Å². The molecule has 6 nitrogen and oxygen atoms in total. The fourth-order valence-electron chi connectivity index (χ4n) is 2.10. The fraction of sp³-hybridized carbons (Fsp3) is 0.786. The topological polar surface area (TPSA) is 65.1 Å². The number of aromatic nitrogens is 3. The maximum Gasteiger partial charge on any atom is 0.293 e. The Morgan fingerprint density at radius 2 is 1.95 bits per heavy atom. The van der Waals surface area contributed by atoms with Crippen LogP contribution < -0.4 is 0 Å². The van der Waals surface area contributed by atoms with Gasteiger partial charge >= 0.3 is 0 Å². The van der Waals surface area contributed by atoms with Crippen LogP contribution in [0.5, 0.6) is 0 Å². The molecule has 1 heterocycles. The van der Waals surface area contributed by atoms with Gasteiger partial charge in [-0.3, -0.25) is 9.89 Å². The Bertz CT molecular complexity index is 447. The summed E-state index contributed by atoms with van der Waals surface area (Å²) < 4.78 is 0. The molecule has 1 aromatic heterocycles. The van der Waals surface area contributed by atoms with Crippen LogP contribution in [-0.4, -0.2) is 64.1 Å². The van der Waals surface area contributed by atoms with Crippen molar-refractivity contribution in [3.63, 3.8) is 0 Å². The van der Waals surface area contributed by atoms with E-state index in [4.69, 9.17) is 0 Å². The average molecular weight is 281 g/mol. The van der Waals surface area contributed by atoms with Crippen LogP contribution >= 0.6 is 0 Å². The van der Waals surface area contributed by atoms with Crippen molar-refractivity contribution < 1.29 is 4.79 Å². The van der Waals surface area contributed by atoms with Crippen molar-refractivity contribution in [2.75, 3.05) is 27.2 Å². The van der Waals surface area contributed by atoms with Crippen molar-refractivity contribution in [1.29, 1.82) is 0 Å². The highest BCUT2D eigenvalue weighted by molar-refractivity contribution is 5.90. The van der Waals surface area contributed by atoms with Gasteiger partial charge in [0.05, 0.1) is 0 Å². The van der Waals surface area contributed by atoms with Crippen molar-refractivity contribution >= 4 is 5.91 Å². The van der Waals surface area contributed by atoms with E-state index in [0.29, 0.717) is 6.54 Å². The molecule has 6 heteroatoms. The number of nitrogens with one attached hydrogen (secondary N) is 1. The highest BCUT2D eigenvalue weighted by Gasteiger charge is 2.26. The van der Waals surface area contributed by atoms with Crippen molar-refractivity contribution in [2.24, 2.45) is 0 Å². The summed E-state index contributed by atoms with van der Waals surface area (Å²) in [7, 11) is 4.00. The lowest BCUT2D eigenvalue weighted by molar-refractivity contribution is 0.0667. The highest BCUT2D eigenvalue weighted by atomic mass is 16.2. The third-order valence-electron chi connectivity index (χ3n) is 3.15. The number of rotatable bonds is 5. The van der Waals surface area contributed by atoms with Gasteiger partial charge in [-0.2, -0.15) is 0 Å². The molecular weight excluding hydrogens is 254 g/mol. The minimum atomic E-state index is -0.141. The number of likely N-dealkylation sites (N-methyl/N-ethyl adjacent to an activating group) is 2. The van der Waals surface area contributed by atoms with E-state index in [2.05, 4.69) is 20.1 Å². The van der Waals surface area contributed by atoms with E-state index >= 15 is 0 Å². The Morgan fingerprint density at radius 3 is 2.35 bits per heavy atom. The predicted molar refractivity (Wildman–Crippen MR) is 79.8 cm³/mol. The summed E-state index contributed by atoms with van der Waals surface area (Å²) in [6, 6.07) is 0.124. The summed E-state index contributed by atoms with van der Waals surface area (Å²) in [6.07, 6.45) is 0. The Hall–Kier alpha value is -1.43. The number of hydrogen-bond donors (Lipinski definition) is 1. The zero-order valence-corrected chi connectivity index (χ0v) is 13.7. The van der Waals surface area contributed by atoms with Crippen LogP contribution in [0.2, 0.25) is 0 Å². The van der Waals surface area contributed by atoms with Crippen molar-refractivity contribution in [1.82, 2.24) is 25.0 Å². The number of aromatic amines is 1. The maximum absolute atomic E-state index is 12.5. The fourth-order valence-corrected chi connectivity index (χ4v) is 2.10. The van der Waals surface area contributed by atoms with Gasteiger partial charge in [0.25, 0.3) is 5.91 Å². The summed E-state index contributed by atoms with van der Waals surface area (Å²) in [5, 5.41) is 6.94. The maximum atomic E-state index is 12.5. The molecule has 0 saturated carbocycles. The second-order valence-electron chi connectivity index (χ2n) is 6.46. The number of H-pyrrole nitrogens is 1. The molecule has 1 aromatic rings. The lowest BCUT2D eigenvalue weighted by Gasteiger charge is -2.29. The summed E-state index contributed by atoms with van der Waals surface area (Å²) in [5.74, 6) is 0.869. The molecule has 0 aliphatic rings. The summed E-state index contributed by atoms with van der Waals surface area (Å²) in [5.41, 5.74) is -0.141. The number of carbonyl (C=O) groups excluding carboxylic acids is 1. The molecule has 1 rings (SSSR count). The zero-order chi connectivity index (χ0) is 15.5. The molecule has 0 aromatic carbocycles.